The van der Waals surface area contributed by atoms with E-state index in [0.717, 1.165) is 12.8 Å². The number of esters is 1. The van der Waals surface area contributed by atoms with Crippen LogP contribution in [0.25, 0.3) is 0 Å². The average molecular weight is 567 g/mol. The van der Waals surface area contributed by atoms with Gasteiger partial charge in [-0.05, 0) is 64.9 Å². The van der Waals surface area contributed by atoms with Gasteiger partial charge in [-0.3, -0.25) is 14.4 Å². The van der Waals surface area contributed by atoms with E-state index in [1.54, 1.807) is 11.0 Å². The van der Waals surface area contributed by atoms with Gasteiger partial charge in [-0.2, -0.15) is 0 Å². The van der Waals surface area contributed by atoms with E-state index < -0.39 is 46.6 Å². The SMILES string of the molecule is C=CCCCCOC(=O)[C@H]1[C@H]2C(=O)N([C@H](CO)c3ccccc3)C(C(=O)N(CC=C)C(C)(C)C)C23CC(C)[C@]1(C)O3. The smallest absolute Gasteiger partial charge is 0.312 e. The minimum absolute atomic E-state index is 0.105. The second-order valence-electron chi connectivity index (χ2n) is 12.9. The Labute approximate surface area is 244 Å². The number of nitrogens with zero attached hydrogens (tertiary/aromatic N) is 2. The minimum atomic E-state index is -1.23. The van der Waals surface area contributed by atoms with Crippen molar-refractivity contribution in [3.05, 3.63) is 61.2 Å². The van der Waals surface area contributed by atoms with E-state index >= 15 is 0 Å². The fourth-order valence-corrected chi connectivity index (χ4v) is 7.30. The summed E-state index contributed by atoms with van der Waals surface area (Å²) in [7, 11) is 0. The third-order valence-corrected chi connectivity index (χ3v) is 9.37. The number of hydrogen-bond acceptors (Lipinski definition) is 6. The van der Waals surface area contributed by atoms with Crippen molar-refractivity contribution in [1.29, 1.82) is 0 Å². The molecule has 3 fully saturated rings. The molecule has 0 radical (unpaired) electrons. The van der Waals surface area contributed by atoms with Crippen LogP contribution in [-0.4, -0.2) is 75.2 Å². The molecule has 1 aromatic rings. The van der Waals surface area contributed by atoms with Crippen molar-refractivity contribution in [1.82, 2.24) is 9.80 Å². The first-order valence-electron chi connectivity index (χ1n) is 14.8. The van der Waals surface area contributed by atoms with E-state index in [-0.39, 0.29) is 37.5 Å². The predicted molar refractivity (Wildman–Crippen MR) is 157 cm³/mol. The van der Waals surface area contributed by atoms with E-state index in [0.29, 0.717) is 18.4 Å². The molecule has 41 heavy (non-hydrogen) atoms. The summed E-state index contributed by atoms with van der Waals surface area (Å²) in [6.07, 6.45) is 6.32. The normalized spacial score (nSPS) is 31.1. The van der Waals surface area contributed by atoms with Gasteiger partial charge in [-0.25, -0.2) is 0 Å². The Balaban J connectivity index is 1.82. The van der Waals surface area contributed by atoms with Crippen LogP contribution in [0.5, 0.6) is 0 Å². The second-order valence-corrected chi connectivity index (χ2v) is 12.9. The Morgan fingerprint density at radius 3 is 2.49 bits per heavy atom. The van der Waals surface area contributed by atoms with Gasteiger partial charge in [0.1, 0.15) is 17.6 Å². The third kappa shape index (κ3) is 5.14. The van der Waals surface area contributed by atoms with Crippen LogP contribution in [-0.2, 0) is 23.9 Å². The van der Waals surface area contributed by atoms with Crippen LogP contribution in [0, 0.1) is 17.8 Å². The van der Waals surface area contributed by atoms with Gasteiger partial charge >= 0.3 is 5.97 Å². The molecule has 7 atom stereocenters. The first-order valence-corrected chi connectivity index (χ1v) is 14.8. The summed E-state index contributed by atoms with van der Waals surface area (Å²) in [5, 5.41) is 10.7. The monoisotopic (exact) mass is 566 g/mol. The molecule has 3 heterocycles. The Morgan fingerprint density at radius 2 is 1.90 bits per heavy atom. The molecule has 4 rings (SSSR count). The summed E-state index contributed by atoms with van der Waals surface area (Å²) in [5.41, 5.74) is -2.07. The average Bonchev–Trinajstić information content (AvgIpc) is 3.44. The summed E-state index contributed by atoms with van der Waals surface area (Å²) >= 11 is 0. The number of aliphatic hydroxyl groups is 1. The summed E-state index contributed by atoms with van der Waals surface area (Å²) in [5.74, 6) is -2.98. The first-order chi connectivity index (χ1) is 19.4. The molecule has 8 heteroatoms. The summed E-state index contributed by atoms with van der Waals surface area (Å²) in [6, 6.07) is 7.39. The number of rotatable bonds is 12. The number of fused-ring (bicyclic) bond motifs is 1. The molecule has 3 aliphatic heterocycles. The van der Waals surface area contributed by atoms with Crippen LogP contribution in [0.3, 0.4) is 0 Å². The Kier molecular flexibility index (Phi) is 8.86. The lowest BCUT2D eigenvalue weighted by molar-refractivity contribution is -0.164. The largest absolute Gasteiger partial charge is 0.465 e. The molecule has 3 saturated heterocycles. The molecule has 224 valence electrons. The maximum Gasteiger partial charge on any atom is 0.312 e. The fraction of sp³-hybridized carbons (Fsp3) is 0.606. The van der Waals surface area contributed by atoms with Gasteiger partial charge < -0.3 is 24.4 Å². The predicted octanol–water partition coefficient (Wildman–Crippen LogP) is 4.44. The lowest BCUT2D eigenvalue weighted by Crippen LogP contribution is -2.60. The van der Waals surface area contributed by atoms with E-state index in [4.69, 9.17) is 9.47 Å². The Morgan fingerprint density at radius 1 is 1.22 bits per heavy atom. The molecule has 2 bridgehead atoms. The number of benzene rings is 1. The Bertz CT molecular complexity index is 1160. The van der Waals surface area contributed by atoms with E-state index in [1.165, 1.54) is 4.90 Å². The summed E-state index contributed by atoms with van der Waals surface area (Å²) in [4.78, 5) is 46.2. The number of aliphatic hydroxyl groups excluding tert-OH is 1. The molecule has 1 spiro atoms. The molecule has 2 amide bonds. The third-order valence-electron chi connectivity index (χ3n) is 9.37. The standard InChI is InChI=1S/C33H46N2O6/c1-8-10-11-15-19-40-30(39)26-25-28(37)35(24(21-36)23-16-13-12-14-17-23)27(29(38)34(18-9-2)31(4,5)6)33(25)20-22(3)32(26,7)41-33/h8-9,12-14,16-17,22,24-27,36H,1-2,10-11,15,18-21H2,3-7H3/t22?,24-,25+,26-,27?,32+,33?/m1/s1. The highest BCUT2D eigenvalue weighted by Gasteiger charge is 2.81. The van der Waals surface area contributed by atoms with Crippen molar-refractivity contribution in [2.75, 3.05) is 19.8 Å². The number of hydrogen-bond donors (Lipinski definition) is 1. The molecular formula is C33H46N2O6. The minimum Gasteiger partial charge on any atom is -0.465 e. The molecule has 3 unspecified atom stereocenters. The first kappa shape index (κ1) is 31.0. The van der Waals surface area contributed by atoms with E-state index in [9.17, 15) is 19.5 Å². The summed E-state index contributed by atoms with van der Waals surface area (Å²) < 4.78 is 12.6. The van der Waals surface area contributed by atoms with Crippen molar-refractivity contribution in [3.8, 4) is 0 Å². The molecular weight excluding hydrogens is 520 g/mol. The molecule has 0 aliphatic carbocycles. The van der Waals surface area contributed by atoms with Gasteiger partial charge in [0.2, 0.25) is 11.8 Å². The van der Waals surface area contributed by atoms with Gasteiger partial charge in [-0.1, -0.05) is 49.4 Å². The molecule has 3 aliphatic rings. The number of carbonyl (C=O) groups is 3. The van der Waals surface area contributed by atoms with Crippen LogP contribution < -0.4 is 0 Å². The highest BCUT2D eigenvalue weighted by Crippen LogP contribution is 2.66. The highest BCUT2D eigenvalue weighted by molar-refractivity contribution is 5.99. The number of unbranched alkanes of at least 4 members (excludes halogenated alkanes) is 2. The lowest BCUT2D eigenvalue weighted by Gasteiger charge is -2.43. The number of likely N-dealkylation sites (tertiary alicyclic amines) is 1. The number of amides is 2. The molecule has 8 nitrogen and oxygen atoms in total. The number of carbonyl (C=O) groups excluding carboxylic acids is 3. The van der Waals surface area contributed by atoms with Crippen LogP contribution >= 0.6 is 0 Å². The molecule has 1 aromatic carbocycles. The fourth-order valence-electron chi connectivity index (χ4n) is 7.30. The topological polar surface area (TPSA) is 96.4 Å². The zero-order chi connectivity index (χ0) is 30.2. The van der Waals surface area contributed by atoms with Gasteiger partial charge in [-0.15, -0.1) is 13.2 Å². The van der Waals surface area contributed by atoms with Gasteiger partial charge in [0.15, 0.2) is 0 Å². The zero-order valence-electron chi connectivity index (χ0n) is 25.2. The second kappa shape index (κ2) is 11.7. The van der Waals surface area contributed by atoms with Crippen LogP contribution in [0.15, 0.2) is 55.6 Å². The van der Waals surface area contributed by atoms with Crippen molar-refractivity contribution in [2.45, 2.75) is 89.1 Å². The van der Waals surface area contributed by atoms with Crippen LogP contribution in [0.2, 0.25) is 0 Å². The zero-order valence-corrected chi connectivity index (χ0v) is 25.2. The van der Waals surface area contributed by atoms with E-state index in [1.807, 2.05) is 71.0 Å². The van der Waals surface area contributed by atoms with Crippen LogP contribution in [0.1, 0.15) is 71.9 Å². The van der Waals surface area contributed by atoms with Crippen molar-refractivity contribution < 1.29 is 29.0 Å². The van der Waals surface area contributed by atoms with Crippen LogP contribution in [0.4, 0.5) is 0 Å². The van der Waals surface area contributed by atoms with E-state index in [2.05, 4.69) is 13.2 Å². The maximum atomic E-state index is 14.7. The Hall–Kier alpha value is -2.97. The van der Waals surface area contributed by atoms with Crippen molar-refractivity contribution in [2.24, 2.45) is 17.8 Å². The highest BCUT2D eigenvalue weighted by atomic mass is 16.6. The van der Waals surface area contributed by atoms with Crippen molar-refractivity contribution in [3.63, 3.8) is 0 Å². The number of allylic oxidation sites excluding steroid dienone is 1. The van der Waals surface area contributed by atoms with Gasteiger partial charge in [0.25, 0.3) is 0 Å². The number of ether oxygens (including phenoxy) is 2. The molecule has 0 saturated carbocycles. The maximum absolute atomic E-state index is 14.7. The lowest BCUT2D eigenvalue weighted by atomic mass is 9.62. The molecule has 1 N–H and O–H groups in total. The quantitative estimate of drug-likeness (QED) is 0.228. The van der Waals surface area contributed by atoms with Gasteiger partial charge in [0.05, 0.1) is 30.8 Å². The van der Waals surface area contributed by atoms with Gasteiger partial charge in [0, 0.05) is 12.1 Å². The summed E-state index contributed by atoms with van der Waals surface area (Å²) in [6.45, 7) is 17.4. The molecule has 0 aromatic heterocycles. The van der Waals surface area contributed by atoms with Crippen molar-refractivity contribution >= 4 is 17.8 Å².